The summed E-state index contributed by atoms with van der Waals surface area (Å²) in [4.78, 5) is 23.1. The maximum atomic E-state index is 12.1. The van der Waals surface area contributed by atoms with Gasteiger partial charge in [0.2, 0.25) is 0 Å². The molecule has 0 aliphatic carbocycles. The van der Waals surface area contributed by atoms with Crippen molar-refractivity contribution in [2.75, 3.05) is 20.3 Å². The number of fused-ring (bicyclic) bond motifs is 1. The molecule has 0 aliphatic rings. The number of rotatable bonds is 5. The first kappa shape index (κ1) is 15.1. The van der Waals surface area contributed by atoms with Gasteiger partial charge in [-0.1, -0.05) is 0 Å². The van der Waals surface area contributed by atoms with Gasteiger partial charge in [0.1, 0.15) is 29.3 Å². The van der Waals surface area contributed by atoms with Crippen LogP contribution in [0.4, 0.5) is 0 Å². The Kier molecular flexibility index (Phi) is 4.59. The van der Waals surface area contributed by atoms with E-state index in [1.54, 1.807) is 25.1 Å². The number of hydrogen-bond donors (Lipinski definition) is 0. The molecule has 1 heterocycles. The van der Waals surface area contributed by atoms with Crippen molar-refractivity contribution in [1.29, 1.82) is 0 Å². The molecular weight excluding hydrogens is 276 g/mol. The molecule has 1 aromatic carbocycles. The molecule has 6 nitrogen and oxygen atoms in total. The average molecular weight is 292 g/mol. The molecular formula is C15H16O6. The summed E-state index contributed by atoms with van der Waals surface area (Å²) in [7, 11) is 1.53. The summed E-state index contributed by atoms with van der Waals surface area (Å²) in [6.07, 6.45) is 0. The van der Waals surface area contributed by atoms with Gasteiger partial charge in [-0.05, 0) is 25.1 Å². The zero-order valence-electron chi connectivity index (χ0n) is 12.1. The normalized spacial score (nSPS) is 10.6. The van der Waals surface area contributed by atoms with Crippen molar-refractivity contribution >= 4 is 22.9 Å². The van der Waals surface area contributed by atoms with Crippen LogP contribution >= 0.6 is 0 Å². The summed E-state index contributed by atoms with van der Waals surface area (Å²) in [6.45, 7) is 3.47. The fraction of sp³-hybridized carbons (Fsp3) is 0.333. The molecule has 6 heteroatoms. The lowest BCUT2D eigenvalue weighted by Crippen LogP contribution is -2.10. The molecule has 21 heavy (non-hydrogen) atoms. The number of furan rings is 1. The van der Waals surface area contributed by atoms with E-state index in [1.807, 2.05) is 0 Å². The van der Waals surface area contributed by atoms with Crippen LogP contribution in [0.5, 0.6) is 5.75 Å². The van der Waals surface area contributed by atoms with Gasteiger partial charge in [0.05, 0.1) is 6.61 Å². The lowest BCUT2D eigenvalue weighted by atomic mass is 10.1. The van der Waals surface area contributed by atoms with Gasteiger partial charge in [-0.2, -0.15) is 0 Å². The number of aryl methyl sites for hydroxylation is 1. The van der Waals surface area contributed by atoms with Crippen LogP contribution in [0.25, 0.3) is 11.0 Å². The van der Waals surface area contributed by atoms with Gasteiger partial charge in [-0.15, -0.1) is 0 Å². The van der Waals surface area contributed by atoms with E-state index in [9.17, 15) is 9.59 Å². The second-order valence-electron chi connectivity index (χ2n) is 4.41. The number of methoxy groups -OCH3 is 1. The molecule has 0 saturated carbocycles. The van der Waals surface area contributed by atoms with Gasteiger partial charge in [-0.25, -0.2) is 4.79 Å². The minimum Gasteiger partial charge on any atom is -0.460 e. The van der Waals surface area contributed by atoms with E-state index < -0.39 is 11.9 Å². The Bertz CT molecular complexity index is 670. The van der Waals surface area contributed by atoms with Crippen LogP contribution in [-0.2, 0) is 14.3 Å². The third-order valence-electron chi connectivity index (χ3n) is 2.82. The smallest absolute Gasteiger partial charge is 0.342 e. The molecule has 1 aromatic heterocycles. The Morgan fingerprint density at radius 2 is 2.00 bits per heavy atom. The maximum absolute atomic E-state index is 12.1. The Morgan fingerprint density at radius 3 is 2.67 bits per heavy atom. The summed E-state index contributed by atoms with van der Waals surface area (Å²) < 4.78 is 20.5. The summed E-state index contributed by atoms with van der Waals surface area (Å²) in [5.74, 6) is -0.129. The summed E-state index contributed by atoms with van der Waals surface area (Å²) in [5.41, 5.74) is 0.859. The van der Waals surface area contributed by atoms with Crippen molar-refractivity contribution < 1.29 is 28.2 Å². The Morgan fingerprint density at radius 1 is 1.24 bits per heavy atom. The topological polar surface area (TPSA) is 75.0 Å². The van der Waals surface area contributed by atoms with Gasteiger partial charge in [0.25, 0.3) is 0 Å². The van der Waals surface area contributed by atoms with Crippen LogP contribution in [0.3, 0.4) is 0 Å². The molecule has 0 N–H and O–H groups in total. The van der Waals surface area contributed by atoms with Crippen LogP contribution in [0.15, 0.2) is 22.6 Å². The number of carbonyl (C=O) groups is 2. The zero-order chi connectivity index (χ0) is 15.4. The van der Waals surface area contributed by atoms with Crippen molar-refractivity contribution in [3.63, 3.8) is 0 Å². The fourth-order valence-electron chi connectivity index (χ4n) is 1.97. The monoisotopic (exact) mass is 292 g/mol. The molecule has 0 unspecified atom stereocenters. The van der Waals surface area contributed by atoms with Gasteiger partial charge >= 0.3 is 11.9 Å². The fourth-order valence-corrected chi connectivity index (χ4v) is 1.97. The first-order valence-corrected chi connectivity index (χ1v) is 6.40. The highest BCUT2D eigenvalue weighted by atomic mass is 16.6. The van der Waals surface area contributed by atoms with Crippen LogP contribution in [-0.4, -0.2) is 32.3 Å². The summed E-state index contributed by atoms with van der Waals surface area (Å²) in [6, 6.07) is 4.83. The SMILES string of the molecule is COCCOC(=O)c1c(C)oc2ccc(OC(C)=O)cc12. The second kappa shape index (κ2) is 6.41. The molecule has 2 aromatic rings. The lowest BCUT2D eigenvalue weighted by Gasteiger charge is -2.04. The molecule has 0 bridgehead atoms. The predicted octanol–water partition coefficient (Wildman–Crippen LogP) is 2.47. The van der Waals surface area contributed by atoms with Crippen LogP contribution in [0, 0.1) is 6.92 Å². The number of carbonyl (C=O) groups excluding carboxylic acids is 2. The van der Waals surface area contributed by atoms with Gasteiger partial charge in [0, 0.05) is 19.4 Å². The Labute approximate surface area is 121 Å². The average Bonchev–Trinajstić information content (AvgIpc) is 2.73. The van der Waals surface area contributed by atoms with Crippen LogP contribution in [0.1, 0.15) is 23.0 Å². The molecule has 0 saturated heterocycles. The van der Waals surface area contributed by atoms with E-state index in [4.69, 9.17) is 18.6 Å². The van der Waals surface area contributed by atoms with Crippen molar-refractivity contribution in [3.8, 4) is 5.75 Å². The van der Waals surface area contributed by atoms with Gasteiger partial charge in [-0.3, -0.25) is 4.79 Å². The highest BCUT2D eigenvalue weighted by Gasteiger charge is 2.20. The Balaban J connectivity index is 2.35. The van der Waals surface area contributed by atoms with Crippen molar-refractivity contribution in [3.05, 3.63) is 29.5 Å². The Hall–Kier alpha value is -2.34. The van der Waals surface area contributed by atoms with E-state index >= 15 is 0 Å². The molecule has 2 rings (SSSR count). The number of benzene rings is 1. The third-order valence-corrected chi connectivity index (χ3v) is 2.82. The highest BCUT2D eigenvalue weighted by Crippen LogP contribution is 2.29. The molecule has 112 valence electrons. The highest BCUT2D eigenvalue weighted by molar-refractivity contribution is 6.05. The summed E-state index contributed by atoms with van der Waals surface area (Å²) >= 11 is 0. The minimum atomic E-state index is -0.497. The van der Waals surface area contributed by atoms with E-state index in [0.717, 1.165) is 0 Å². The van der Waals surface area contributed by atoms with E-state index in [1.165, 1.54) is 14.0 Å². The maximum Gasteiger partial charge on any atom is 0.342 e. The van der Waals surface area contributed by atoms with E-state index in [0.29, 0.717) is 34.6 Å². The minimum absolute atomic E-state index is 0.158. The van der Waals surface area contributed by atoms with E-state index in [-0.39, 0.29) is 6.61 Å². The molecule has 0 aliphatic heterocycles. The van der Waals surface area contributed by atoms with Gasteiger partial charge < -0.3 is 18.6 Å². The van der Waals surface area contributed by atoms with E-state index in [2.05, 4.69) is 0 Å². The van der Waals surface area contributed by atoms with Crippen LogP contribution < -0.4 is 4.74 Å². The molecule has 0 fully saturated rings. The van der Waals surface area contributed by atoms with Crippen molar-refractivity contribution in [2.45, 2.75) is 13.8 Å². The van der Waals surface area contributed by atoms with Crippen LogP contribution in [0.2, 0.25) is 0 Å². The molecule has 0 spiro atoms. The van der Waals surface area contributed by atoms with Gasteiger partial charge in [0.15, 0.2) is 0 Å². The summed E-state index contributed by atoms with van der Waals surface area (Å²) in [5, 5.41) is 0.550. The first-order chi connectivity index (χ1) is 10.0. The predicted molar refractivity (Wildman–Crippen MR) is 74.4 cm³/mol. The van der Waals surface area contributed by atoms with Crippen molar-refractivity contribution in [2.24, 2.45) is 0 Å². The second-order valence-corrected chi connectivity index (χ2v) is 4.41. The molecule has 0 atom stereocenters. The zero-order valence-corrected chi connectivity index (χ0v) is 12.1. The van der Waals surface area contributed by atoms with Crippen molar-refractivity contribution in [1.82, 2.24) is 0 Å². The lowest BCUT2D eigenvalue weighted by molar-refractivity contribution is -0.131. The number of esters is 2. The number of ether oxygens (including phenoxy) is 3. The standard InChI is InChI=1S/C15H16O6/c1-9-14(15(17)19-7-6-18-3)12-8-11(21-10(2)16)4-5-13(12)20-9/h4-5,8H,6-7H2,1-3H3. The molecule has 0 radical (unpaired) electrons. The quantitative estimate of drug-likeness (QED) is 0.479. The molecule has 0 amide bonds. The number of hydrogen-bond acceptors (Lipinski definition) is 6. The third kappa shape index (κ3) is 3.41. The first-order valence-electron chi connectivity index (χ1n) is 6.40. The largest absolute Gasteiger partial charge is 0.460 e.